The van der Waals surface area contributed by atoms with Crippen molar-refractivity contribution < 1.29 is 9.59 Å². The summed E-state index contributed by atoms with van der Waals surface area (Å²) in [5.41, 5.74) is 7.26. The Balaban J connectivity index is 1.61. The Hall–Kier alpha value is -1.79. The van der Waals surface area contributed by atoms with Crippen LogP contribution < -0.4 is 11.1 Å². The molecule has 2 atom stereocenters. The highest BCUT2D eigenvalue weighted by atomic mass is 35.5. The molecule has 0 radical (unpaired) electrons. The number of rotatable bonds is 8. The van der Waals surface area contributed by atoms with Crippen LogP contribution in [0.2, 0.25) is 5.02 Å². The molecule has 2 unspecified atom stereocenters. The molecule has 1 aromatic carbocycles. The van der Waals surface area contributed by atoms with Gasteiger partial charge < -0.3 is 20.9 Å². The average molecular weight is 449 g/mol. The van der Waals surface area contributed by atoms with Crippen LogP contribution in [0.1, 0.15) is 63.9 Å². The van der Waals surface area contributed by atoms with Gasteiger partial charge in [-0.25, -0.2) is 4.79 Å². The van der Waals surface area contributed by atoms with Gasteiger partial charge in [0, 0.05) is 30.7 Å². The highest BCUT2D eigenvalue weighted by Gasteiger charge is 2.38. The van der Waals surface area contributed by atoms with E-state index in [0.717, 1.165) is 37.7 Å². The third kappa shape index (κ3) is 6.59. The molecule has 2 aliphatic rings. The number of unbranched alkanes of at least 4 members (excludes halogenated alkanes) is 1. The first-order valence-corrected chi connectivity index (χ1v) is 12.2. The fraction of sp³-hybridized carbons (Fsp3) is 0.667. The highest BCUT2D eigenvalue weighted by Crippen LogP contribution is 2.28. The minimum Gasteiger partial charge on any atom is -0.339 e. The fourth-order valence-electron chi connectivity index (χ4n) is 4.82. The van der Waals surface area contributed by atoms with Crippen LogP contribution in [0.15, 0.2) is 24.3 Å². The molecule has 0 bridgehead atoms. The van der Waals surface area contributed by atoms with Gasteiger partial charge in [-0.2, -0.15) is 0 Å². The van der Waals surface area contributed by atoms with Gasteiger partial charge in [-0.15, -0.1) is 0 Å². The largest absolute Gasteiger partial charge is 0.339 e. The van der Waals surface area contributed by atoms with Crippen LogP contribution in [0.4, 0.5) is 4.79 Å². The number of nitrogens with one attached hydrogen (secondary N) is 1. The summed E-state index contributed by atoms with van der Waals surface area (Å²) in [5, 5.41) is 3.78. The van der Waals surface area contributed by atoms with Crippen molar-refractivity contribution in [3.8, 4) is 0 Å². The lowest BCUT2D eigenvalue weighted by atomic mass is 9.93. The Morgan fingerprint density at radius 1 is 1.16 bits per heavy atom. The van der Waals surface area contributed by atoms with Crippen LogP contribution in [0.25, 0.3) is 0 Å². The number of carbonyl (C=O) groups is 2. The fourth-order valence-corrected chi connectivity index (χ4v) is 4.94. The predicted octanol–water partition coefficient (Wildman–Crippen LogP) is 3.96. The third-order valence-electron chi connectivity index (χ3n) is 6.56. The summed E-state index contributed by atoms with van der Waals surface area (Å²) >= 11 is 5.95. The number of urea groups is 1. The van der Waals surface area contributed by atoms with E-state index in [1.54, 1.807) is 0 Å². The molecule has 31 heavy (non-hydrogen) atoms. The minimum absolute atomic E-state index is 0.0325. The first-order valence-electron chi connectivity index (χ1n) is 11.8. The molecule has 1 aliphatic carbocycles. The van der Waals surface area contributed by atoms with Gasteiger partial charge in [0.2, 0.25) is 5.91 Å². The molecule has 0 spiro atoms. The van der Waals surface area contributed by atoms with Gasteiger partial charge in [-0.3, -0.25) is 4.79 Å². The Kier molecular flexibility index (Phi) is 9.02. The number of likely N-dealkylation sites (tertiary alicyclic amines) is 1. The maximum Gasteiger partial charge on any atom is 0.317 e. The second-order valence-electron chi connectivity index (χ2n) is 8.95. The second-order valence-corrected chi connectivity index (χ2v) is 9.38. The Labute approximate surface area is 191 Å². The molecule has 0 aromatic heterocycles. The van der Waals surface area contributed by atoms with E-state index >= 15 is 0 Å². The number of nitrogens with two attached hydrogens (primary N) is 1. The van der Waals surface area contributed by atoms with E-state index in [4.69, 9.17) is 17.3 Å². The van der Waals surface area contributed by atoms with Gasteiger partial charge >= 0.3 is 6.03 Å². The zero-order chi connectivity index (χ0) is 22.2. The van der Waals surface area contributed by atoms with Gasteiger partial charge in [-0.1, -0.05) is 56.3 Å². The number of amides is 3. The average Bonchev–Trinajstić information content (AvgIpc) is 3.25. The molecule has 172 valence electrons. The maximum atomic E-state index is 13.1. The van der Waals surface area contributed by atoms with Gasteiger partial charge in [-0.05, 0) is 49.8 Å². The van der Waals surface area contributed by atoms with Gasteiger partial charge in [0.1, 0.15) is 0 Å². The standard InChI is InChI=1S/C24H37ClN4O2/c1-2-3-14-27-24(31)29(20-7-5-4-6-8-20)21-13-15-28(17-21)23(30)22(26)16-18-9-11-19(25)12-10-18/h9-12,20-22H,2-8,13-17,26H2,1H3,(H,27,31). The van der Waals surface area contributed by atoms with Crippen LogP contribution in [-0.4, -0.2) is 59.5 Å². The smallest absolute Gasteiger partial charge is 0.317 e. The van der Waals surface area contributed by atoms with Crippen molar-refractivity contribution in [2.75, 3.05) is 19.6 Å². The SMILES string of the molecule is CCCCNC(=O)N(C1CCCCC1)C1CCN(C(=O)C(N)Cc2ccc(Cl)cc2)C1. The number of halogens is 1. The predicted molar refractivity (Wildman–Crippen MR) is 125 cm³/mol. The monoisotopic (exact) mass is 448 g/mol. The van der Waals surface area contributed by atoms with Gasteiger partial charge in [0.25, 0.3) is 0 Å². The Morgan fingerprint density at radius 3 is 2.55 bits per heavy atom. The molecule has 6 nitrogen and oxygen atoms in total. The van der Waals surface area contributed by atoms with Gasteiger partial charge in [0.05, 0.1) is 12.1 Å². The van der Waals surface area contributed by atoms with E-state index < -0.39 is 6.04 Å². The van der Waals surface area contributed by atoms with Crippen LogP contribution in [0.3, 0.4) is 0 Å². The zero-order valence-corrected chi connectivity index (χ0v) is 19.4. The summed E-state index contributed by atoms with van der Waals surface area (Å²) in [6, 6.07) is 7.25. The molecule has 1 saturated heterocycles. The summed E-state index contributed by atoms with van der Waals surface area (Å²) in [4.78, 5) is 30.0. The van der Waals surface area contributed by atoms with Crippen LogP contribution in [0.5, 0.6) is 0 Å². The van der Waals surface area contributed by atoms with E-state index in [1.807, 2.05) is 29.2 Å². The molecule has 3 rings (SSSR count). The number of nitrogens with zero attached hydrogens (tertiary/aromatic N) is 2. The molecule has 3 amide bonds. The van der Waals surface area contributed by atoms with E-state index in [2.05, 4.69) is 17.1 Å². The summed E-state index contributed by atoms with van der Waals surface area (Å²) in [7, 11) is 0. The normalized spacial score (nSPS) is 20.5. The maximum absolute atomic E-state index is 13.1. The van der Waals surface area contributed by atoms with Crippen LogP contribution >= 0.6 is 11.6 Å². The Morgan fingerprint density at radius 2 is 1.87 bits per heavy atom. The quantitative estimate of drug-likeness (QED) is 0.591. The topological polar surface area (TPSA) is 78.7 Å². The summed E-state index contributed by atoms with van der Waals surface area (Å²) in [5.74, 6) is -0.0348. The number of hydrogen-bond acceptors (Lipinski definition) is 3. The molecular weight excluding hydrogens is 412 g/mol. The van der Waals surface area contributed by atoms with Crippen molar-refractivity contribution in [2.24, 2.45) is 5.73 Å². The van der Waals surface area contributed by atoms with Crippen LogP contribution in [-0.2, 0) is 11.2 Å². The Bertz CT molecular complexity index is 721. The van der Waals surface area contributed by atoms with Crippen molar-refractivity contribution in [1.82, 2.24) is 15.1 Å². The van der Waals surface area contributed by atoms with Crippen molar-refractivity contribution >= 4 is 23.5 Å². The number of benzene rings is 1. The molecule has 1 saturated carbocycles. The molecule has 1 aromatic rings. The highest BCUT2D eigenvalue weighted by molar-refractivity contribution is 6.30. The lowest BCUT2D eigenvalue weighted by molar-refractivity contribution is -0.131. The lowest BCUT2D eigenvalue weighted by Crippen LogP contribution is -2.54. The number of carbonyl (C=O) groups excluding carboxylic acids is 2. The third-order valence-corrected chi connectivity index (χ3v) is 6.82. The molecule has 7 heteroatoms. The summed E-state index contributed by atoms with van der Waals surface area (Å²) in [6.07, 6.45) is 9.05. The van der Waals surface area contributed by atoms with Crippen molar-refractivity contribution in [2.45, 2.75) is 82.8 Å². The molecule has 1 aliphatic heterocycles. The van der Waals surface area contributed by atoms with E-state index in [9.17, 15) is 9.59 Å². The van der Waals surface area contributed by atoms with Gasteiger partial charge in [0.15, 0.2) is 0 Å². The van der Waals surface area contributed by atoms with E-state index in [1.165, 1.54) is 19.3 Å². The van der Waals surface area contributed by atoms with Crippen molar-refractivity contribution in [1.29, 1.82) is 0 Å². The second kappa shape index (κ2) is 11.7. The lowest BCUT2D eigenvalue weighted by Gasteiger charge is -2.38. The molecule has 1 heterocycles. The van der Waals surface area contributed by atoms with E-state index in [0.29, 0.717) is 31.1 Å². The summed E-state index contributed by atoms with van der Waals surface area (Å²) < 4.78 is 0. The summed E-state index contributed by atoms with van der Waals surface area (Å²) in [6.45, 7) is 4.06. The molecular formula is C24H37ClN4O2. The first-order chi connectivity index (χ1) is 15.0. The number of hydrogen-bond donors (Lipinski definition) is 2. The zero-order valence-electron chi connectivity index (χ0n) is 18.7. The van der Waals surface area contributed by atoms with Crippen LogP contribution in [0, 0.1) is 0 Å². The van der Waals surface area contributed by atoms with Crippen molar-refractivity contribution in [3.05, 3.63) is 34.9 Å². The minimum atomic E-state index is -0.582. The first kappa shape index (κ1) is 23.9. The van der Waals surface area contributed by atoms with E-state index in [-0.39, 0.29) is 24.0 Å². The van der Waals surface area contributed by atoms with Crippen molar-refractivity contribution in [3.63, 3.8) is 0 Å². The molecule has 2 fully saturated rings. The molecule has 3 N–H and O–H groups in total.